The van der Waals surface area contributed by atoms with Crippen LogP contribution in [0, 0.1) is 0 Å². The summed E-state index contributed by atoms with van der Waals surface area (Å²) >= 11 is 0. The van der Waals surface area contributed by atoms with Crippen molar-refractivity contribution in [1.82, 2.24) is 0 Å². The van der Waals surface area contributed by atoms with Crippen LogP contribution in [0.15, 0.2) is 42.5 Å². The summed E-state index contributed by atoms with van der Waals surface area (Å²) in [4.78, 5) is 0. The smallest absolute Gasteiger partial charge is 0.115 e. The molecule has 17 heavy (non-hydrogen) atoms. The Morgan fingerprint density at radius 1 is 0.824 bits per heavy atom. The number of phenolic OH excluding ortho intramolecular Hbond substituents is 1. The summed E-state index contributed by atoms with van der Waals surface area (Å²) in [6.45, 7) is 4.00. The van der Waals surface area contributed by atoms with Crippen molar-refractivity contribution in [2.45, 2.75) is 26.7 Å². The predicted molar refractivity (Wildman–Crippen MR) is 72.3 cm³/mol. The number of aromatic hydroxyl groups is 1. The topological polar surface area (TPSA) is 20.2 Å². The van der Waals surface area contributed by atoms with Crippen LogP contribution in [-0.2, 0) is 12.8 Å². The molecule has 1 aliphatic carbocycles. The molecule has 0 aromatic heterocycles. The summed E-state index contributed by atoms with van der Waals surface area (Å²) in [5.41, 5.74) is 5.26. The maximum absolute atomic E-state index is 9.44. The fraction of sp³-hybridized carbons (Fsp3) is 0.250. The molecule has 1 heteroatoms. The van der Waals surface area contributed by atoms with E-state index in [0.717, 1.165) is 12.8 Å². The molecule has 0 amide bonds. The molecule has 1 nitrogen and oxygen atoms in total. The molecule has 0 heterocycles. The number of hydrogen-bond acceptors (Lipinski definition) is 1. The molecule has 0 fully saturated rings. The minimum atomic E-state index is 0.369. The highest BCUT2D eigenvalue weighted by atomic mass is 16.3. The van der Waals surface area contributed by atoms with Gasteiger partial charge in [-0.2, -0.15) is 0 Å². The van der Waals surface area contributed by atoms with Crippen LogP contribution in [0.4, 0.5) is 0 Å². The molecule has 2 aromatic rings. The van der Waals surface area contributed by atoms with Crippen LogP contribution >= 0.6 is 0 Å². The second-order valence-corrected chi connectivity index (χ2v) is 4.00. The lowest BCUT2D eigenvalue weighted by Crippen LogP contribution is -2.03. The van der Waals surface area contributed by atoms with Gasteiger partial charge in [0.25, 0.3) is 0 Å². The molecule has 1 N–H and O–H groups in total. The molecular formula is C16H18O. The summed E-state index contributed by atoms with van der Waals surface area (Å²) in [6.07, 6.45) is 2.10. The van der Waals surface area contributed by atoms with Gasteiger partial charge in [-0.15, -0.1) is 0 Å². The molecule has 0 saturated carbocycles. The van der Waals surface area contributed by atoms with Gasteiger partial charge in [-0.3, -0.25) is 0 Å². The number of rotatable bonds is 0. The molecule has 88 valence electrons. The lowest BCUT2D eigenvalue weighted by molar-refractivity contribution is 0.474. The molecule has 0 atom stereocenters. The van der Waals surface area contributed by atoms with Crippen LogP contribution in [0.3, 0.4) is 0 Å². The Balaban J connectivity index is 0.000000514. The van der Waals surface area contributed by atoms with E-state index in [2.05, 4.69) is 24.3 Å². The molecule has 0 unspecified atom stereocenters. The van der Waals surface area contributed by atoms with Crippen molar-refractivity contribution >= 4 is 0 Å². The van der Waals surface area contributed by atoms with Crippen LogP contribution in [0.25, 0.3) is 11.1 Å². The highest BCUT2D eigenvalue weighted by Gasteiger charge is 2.15. The van der Waals surface area contributed by atoms with E-state index in [4.69, 9.17) is 0 Å². The van der Waals surface area contributed by atoms with Crippen molar-refractivity contribution in [1.29, 1.82) is 0 Å². The Morgan fingerprint density at radius 3 is 2.29 bits per heavy atom. The van der Waals surface area contributed by atoms with E-state index in [0.29, 0.717) is 5.75 Å². The van der Waals surface area contributed by atoms with Crippen LogP contribution in [0.5, 0.6) is 5.75 Å². The van der Waals surface area contributed by atoms with Gasteiger partial charge in [0.15, 0.2) is 0 Å². The molecule has 0 bridgehead atoms. The van der Waals surface area contributed by atoms with Crippen LogP contribution in [0.1, 0.15) is 25.0 Å². The normalized spacial score (nSPS) is 11.9. The first-order valence-corrected chi connectivity index (χ1v) is 6.25. The van der Waals surface area contributed by atoms with Gasteiger partial charge in [0.2, 0.25) is 0 Å². The Hall–Kier alpha value is -1.76. The number of fused-ring (bicyclic) bond motifs is 3. The van der Waals surface area contributed by atoms with Gasteiger partial charge in [0, 0.05) is 0 Å². The Morgan fingerprint density at radius 2 is 1.47 bits per heavy atom. The van der Waals surface area contributed by atoms with E-state index in [1.54, 1.807) is 6.07 Å². The first-order valence-electron chi connectivity index (χ1n) is 6.25. The number of benzene rings is 2. The van der Waals surface area contributed by atoms with Gasteiger partial charge < -0.3 is 5.11 Å². The Kier molecular flexibility index (Phi) is 3.48. The second-order valence-electron chi connectivity index (χ2n) is 4.00. The standard InChI is InChI=1S/C14H12O.C2H6/c15-12-7-8-14-11(9-12)6-5-10-3-1-2-4-13(10)14;1-2/h1-4,7-9,15H,5-6H2;1-2H3. The maximum atomic E-state index is 9.44. The van der Waals surface area contributed by atoms with Crippen molar-refractivity contribution in [3.63, 3.8) is 0 Å². The van der Waals surface area contributed by atoms with Crippen LogP contribution in [-0.4, -0.2) is 5.11 Å². The Labute approximate surface area is 103 Å². The zero-order valence-corrected chi connectivity index (χ0v) is 10.4. The molecule has 3 rings (SSSR count). The van der Waals surface area contributed by atoms with E-state index in [1.165, 1.54) is 22.3 Å². The second kappa shape index (κ2) is 5.05. The summed E-state index contributed by atoms with van der Waals surface area (Å²) in [7, 11) is 0. The highest BCUT2D eigenvalue weighted by molar-refractivity contribution is 5.73. The van der Waals surface area contributed by atoms with Crippen molar-refractivity contribution < 1.29 is 5.11 Å². The fourth-order valence-electron chi connectivity index (χ4n) is 2.32. The van der Waals surface area contributed by atoms with E-state index in [9.17, 15) is 5.11 Å². The monoisotopic (exact) mass is 226 g/mol. The van der Waals surface area contributed by atoms with E-state index in [1.807, 2.05) is 26.0 Å². The van der Waals surface area contributed by atoms with Gasteiger partial charge in [-0.25, -0.2) is 0 Å². The van der Waals surface area contributed by atoms with Crippen molar-refractivity contribution in [3.05, 3.63) is 53.6 Å². The quantitative estimate of drug-likeness (QED) is 0.714. The molecule has 0 radical (unpaired) electrons. The van der Waals surface area contributed by atoms with Crippen molar-refractivity contribution in [2.75, 3.05) is 0 Å². The summed E-state index contributed by atoms with van der Waals surface area (Å²) in [6, 6.07) is 14.2. The minimum Gasteiger partial charge on any atom is -0.508 e. The molecule has 0 saturated heterocycles. The van der Waals surface area contributed by atoms with Gasteiger partial charge in [-0.05, 0) is 47.2 Å². The van der Waals surface area contributed by atoms with E-state index in [-0.39, 0.29) is 0 Å². The van der Waals surface area contributed by atoms with Crippen LogP contribution in [0.2, 0.25) is 0 Å². The number of aryl methyl sites for hydroxylation is 2. The summed E-state index contributed by atoms with van der Waals surface area (Å²) in [5.74, 6) is 0.369. The molecular weight excluding hydrogens is 208 g/mol. The maximum Gasteiger partial charge on any atom is 0.115 e. The highest BCUT2D eigenvalue weighted by Crippen LogP contribution is 2.34. The third-order valence-corrected chi connectivity index (χ3v) is 3.06. The Bertz CT molecular complexity index is 515. The average molecular weight is 226 g/mol. The molecule has 0 spiro atoms. The summed E-state index contributed by atoms with van der Waals surface area (Å²) < 4.78 is 0. The first kappa shape index (κ1) is 11.7. The fourth-order valence-corrected chi connectivity index (χ4v) is 2.32. The van der Waals surface area contributed by atoms with Crippen LogP contribution < -0.4 is 0 Å². The minimum absolute atomic E-state index is 0.369. The third-order valence-electron chi connectivity index (χ3n) is 3.06. The van der Waals surface area contributed by atoms with Crippen molar-refractivity contribution in [2.24, 2.45) is 0 Å². The largest absolute Gasteiger partial charge is 0.508 e. The van der Waals surface area contributed by atoms with Gasteiger partial charge in [-0.1, -0.05) is 44.2 Å². The lowest BCUT2D eigenvalue weighted by Gasteiger charge is -2.19. The SMILES string of the molecule is CC.Oc1ccc2c(c1)CCc1ccccc1-2. The number of hydrogen-bond donors (Lipinski definition) is 1. The molecule has 0 aliphatic heterocycles. The molecule has 1 aliphatic rings. The van der Waals surface area contributed by atoms with Gasteiger partial charge in [0.1, 0.15) is 5.75 Å². The zero-order valence-electron chi connectivity index (χ0n) is 10.4. The van der Waals surface area contributed by atoms with Gasteiger partial charge >= 0.3 is 0 Å². The predicted octanol–water partition coefficient (Wildman–Crippen LogP) is 4.18. The average Bonchev–Trinajstić information content (AvgIpc) is 2.40. The number of phenols is 1. The van der Waals surface area contributed by atoms with E-state index < -0.39 is 0 Å². The van der Waals surface area contributed by atoms with Crippen molar-refractivity contribution in [3.8, 4) is 16.9 Å². The van der Waals surface area contributed by atoms with E-state index >= 15 is 0 Å². The molecule has 2 aromatic carbocycles. The van der Waals surface area contributed by atoms with Gasteiger partial charge in [0.05, 0.1) is 0 Å². The third kappa shape index (κ3) is 2.19. The summed E-state index contributed by atoms with van der Waals surface area (Å²) in [5, 5.41) is 9.44. The lowest BCUT2D eigenvalue weighted by atomic mass is 9.86. The zero-order chi connectivity index (χ0) is 12.3. The first-order chi connectivity index (χ1) is 8.34.